The van der Waals surface area contributed by atoms with Gasteiger partial charge in [0.1, 0.15) is 4.60 Å². The average molecular weight is 192 g/mol. The molecule has 0 saturated carbocycles. The molecule has 0 saturated heterocycles. The van der Waals surface area contributed by atoms with E-state index in [4.69, 9.17) is 5.73 Å². The average Bonchev–Trinajstić information content (AvgIpc) is 1.80. The Bertz CT molecular complexity index is 227. The first-order chi connectivity index (χ1) is 4.20. The van der Waals surface area contributed by atoms with Crippen molar-refractivity contribution in [1.29, 1.82) is 0 Å². The predicted molar refractivity (Wildman–Crippen MR) is 34.1 cm³/mol. The van der Waals surface area contributed by atoms with E-state index in [1.165, 1.54) is 6.20 Å². The zero-order chi connectivity index (χ0) is 6.85. The maximum atomic E-state index is 12.3. The van der Waals surface area contributed by atoms with Crippen LogP contribution in [0.25, 0.3) is 0 Å². The van der Waals surface area contributed by atoms with Crippen LogP contribution in [0.1, 0.15) is 0 Å². The molecule has 0 fully saturated rings. The number of halogens is 2. The quantitative estimate of drug-likeness (QED) is 0.665. The van der Waals surface area contributed by atoms with Crippen LogP contribution in [0.15, 0.2) is 10.8 Å². The summed E-state index contributed by atoms with van der Waals surface area (Å²) in [7, 11) is 0. The summed E-state index contributed by atoms with van der Waals surface area (Å²) in [5.74, 6) is -0.928. The van der Waals surface area contributed by atoms with Crippen molar-refractivity contribution in [2.75, 3.05) is 5.73 Å². The number of nitrogens with two attached hydrogens (primary N) is 1. The summed E-state index contributed by atoms with van der Waals surface area (Å²) in [6.45, 7) is 0. The molecule has 1 rings (SSSR count). The Hall–Kier alpha value is -0.710. The number of nitrogens with zero attached hydrogens (tertiary/aromatic N) is 2. The minimum Gasteiger partial charge on any atom is -0.380 e. The van der Waals surface area contributed by atoms with Crippen LogP contribution in [0.2, 0.25) is 0 Å². The minimum absolute atomic E-state index is 0.182. The third kappa shape index (κ3) is 1.35. The van der Waals surface area contributed by atoms with Gasteiger partial charge in [0.15, 0.2) is 5.82 Å². The molecule has 0 unspecified atom stereocenters. The molecular weight excluding hydrogens is 189 g/mol. The number of aromatic nitrogens is 2. The van der Waals surface area contributed by atoms with Gasteiger partial charge in [0, 0.05) is 0 Å². The van der Waals surface area contributed by atoms with Crippen molar-refractivity contribution in [3.63, 3.8) is 0 Å². The van der Waals surface area contributed by atoms with Crippen LogP contribution in [0.5, 0.6) is 0 Å². The molecule has 48 valence electrons. The van der Waals surface area contributed by atoms with E-state index in [9.17, 15) is 4.39 Å². The van der Waals surface area contributed by atoms with Crippen LogP contribution < -0.4 is 5.73 Å². The van der Waals surface area contributed by atoms with Gasteiger partial charge in [0.05, 0.1) is 6.20 Å². The highest BCUT2D eigenvalue weighted by atomic mass is 79.9. The SMILES string of the molecule is Nc1ncc(Br)nc1F. The van der Waals surface area contributed by atoms with E-state index in [1.54, 1.807) is 0 Å². The number of rotatable bonds is 0. The van der Waals surface area contributed by atoms with Crippen molar-refractivity contribution in [3.8, 4) is 0 Å². The molecule has 0 amide bonds. The highest BCUT2D eigenvalue weighted by molar-refractivity contribution is 9.10. The van der Waals surface area contributed by atoms with E-state index in [-0.39, 0.29) is 5.82 Å². The first-order valence-electron chi connectivity index (χ1n) is 2.13. The van der Waals surface area contributed by atoms with Gasteiger partial charge in [-0.15, -0.1) is 0 Å². The van der Waals surface area contributed by atoms with Gasteiger partial charge in [-0.2, -0.15) is 4.39 Å². The normalized spacial score (nSPS) is 9.56. The van der Waals surface area contributed by atoms with Gasteiger partial charge in [0.25, 0.3) is 5.95 Å². The predicted octanol–water partition coefficient (Wildman–Crippen LogP) is 0.960. The molecule has 1 heterocycles. The monoisotopic (exact) mass is 191 g/mol. The van der Waals surface area contributed by atoms with Crippen LogP contribution in [0.3, 0.4) is 0 Å². The molecule has 0 spiro atoms. The van der Waals surface area contributed by atoms with Crippen molar-refractivity contribution >= 4 is 21.7 Å². The van der Waals surface area contributed by atoms with Gasteiger partial charge in [-0.25, -0.2) is 9.97 Å². The number of anilines is 1. The molecule has 0 atom stereocenters. The molecule has 1 aromatic rings. The van der Waals surface area contributed by atoms with Crippen molar-refractivity contribution in [2.24, 2.45) is 0 Å². The van der Waals surface area contributed by atoms with Crippen LogP contribution in [0, 0.1) is 5.95 Å². The molecule has 0 aliphatic rings. The Morgan fingerprint density at radius 1 is 1.67 bits per heavy atom. The van der Waals surface area contributed by atoms with Crippen molar-refractivity contribution in [1.82, 2.24) is 9.97 Å². The van der Waals surface area contributed by atoms with Gasteiger partial charge in [-0.05, 0) is 15.9 Å². The van der Waals surface area contributed by atoms with Gasteiger partial charge in [-0.1, -0.05) is 0 Å². The van der Waals surface area contributed by atoms with E-state index in [0.717, 1.165) is 0 Å². The molecule has 1 aromatic heterocycles. The van der Waals surface area contributed by atoms with Crippen LogP contribution in [-0.2, 0) is 0 Å². The standard InChI is InChI=1S/C4H3BrFN3/c5-2-1-8-4(7)3(6)9-2/h1H,(H2,7,8). The molecule has 0 aromatic carbocycles. The lowest BCUT2D eigenvalue weighted by Crippen LogP contribution is -1.96. The first kappa shape index (κ1) is 6.41. The highest BCUT2D eigenvalue weighted by Gasteiger charge is 1.98. The number of hydrogen-bond acceptors (Lipinski definition) is 3. The van der Waals surface area contributed by atoms with Crippen molar-refractivity contribution < 1.29 is 4.39 Å². The number of hydrogen-bond donors (Lipinski definition) is 1. The molecular formula is C4H3BrFN3. The summed E-state index contributed by atoms with van der Waals surface area (Å²) < 4.78 is 12.6. The second kappa shape index (κ2) is 2.26. The summed E-state index contributed by atoms with van der Waals surface area (Å²) in [5.41, 5.74) is 5.02. The Morgan fingerprint density at radius 2 is 2.33 bits per heavy atom. The van der Waals surface area contributed by atoms with Gasteiger partial charge < -0.3 is 5.73 Å². The number of nitrogen functional groups attached to an aromatic ring is 1. The molecule has 9 heavy (non-hydrogen) atoms. The second-order valence-electron chi connectivity index (χ2n) is 1.37. The fraction of sp³-hybridized carbons (Fsp3) is 0. The first-order valence-corrected chi connectivity index (χ1v) is 2.93. The summed E-state index contributed by atoms with van der Waals surface area (Å²) in [6, 6.07) is 0. The molecule has 2 N–H and O–H groups in total. The van der Waals surface area contributed by atoms with E-state index in [0.29, 0.717) is 4.60 Å². The second-order valence-corrected chi connectivity index (χ2v) is 2.18. The van der Waals surface area contributed by atoms with E-state index < -0.39 is 5.95 Å². The maximum Gasteiger partial charge on any atom is 0.256 e. The van der Waals surface area contributed by atoms with Gasteiger partial charge in [0.2, 0.25) is 0 Å². The summed E-state index contributed by atoms with van der Waals surface area (Å²) in [5, 5.41) is 0. The topological polar surface area (TPSA) is 51.8 Å². The van der Waals surface area contributed by atoms with E-state index >= 15 is 0 Å². The van der Waals surface area contributed by atoms with Gasteiger partial charge >= 0.3 is 0 Å². The zero-order valence-electron chi connectivity index (χ0n) is 4.31. The Morgan fingerprint density at radius 3 is 2.78 bits per heavy atom. The lowest BCUT2D eigenvalue weighted by molar-refractivity contribution is 0.580. The zero-order valence-corrected chi connectivity index (χ0v) is 5.89. The molecule has 0 radical (unpaired) electrons. The molecule has 3 nitrogen and oxygen atoms in total. The van der Waals surface area contributed by atoms with Crippen LogP contribution in [0.4, 0.5) is 10.2 Å². The molecule has 0 aliphatic heterocycles. The summed E-state index contributed by atoms with van der Waals surface area (Å²) >= 11 is 2.93. The van der Waals surface area contributed by atoms with E-state index in [2.05, 4.69) is 25.9 Å². The Balaban J connectivity index is 3.17. The Kier molecular flexibility index (Phi) is 1.61. The van der Waals surface area contributed by atoms with Crippen LogP contribution in [-0.4, -0.2) is 9.97 Å². The minimum atomic E-state index is -0.746. The fourth-order valence-corrected chi connectivity index (χ4v) is 0.614. The maximum absolute atomic E-state index is 12.3. The third-order valence-corrected chi connectivity index (χ3v) is 1.11. The third-order valence-electron chi connectivity index (χ3n) is 0.726. The highest BCUT2D eigenvalue weighted by Crippen LogP contribution is 2.07. The lowest BCUT2D eigenvalue weighted by Gasteiger charge is -1.91. The summed E-state index contributed by atoms with van der Waals surface area (Å²) in [6.07, 6.45) is 1.33. The smallest absolute Gasteiger partial charge is 0.256 e. The molecule has 0 aliphatic carbocycles. The lowest BCUT2D eigenvalue weighted by atomic mass is 10.7. The van der Waals surface area contributed by atoms with Crippen molar-refractivity contribution in [2.45, 2.75) is 0 Å². The van der Waals surface area contributed by atoms with E-state index in [1.807, 2.05) is 0 Å². The summed E-state index contributed by atoms with van der Waals surface area (Å²) in [4.78, 5) is 6.81. The van der Waals surface area contributed by atoms with Gasteiger partial charge in [-0.3, -0.25) is 0 Å². The molecule has 0 bridgehead atoms. The van der Waals surface area contributed by atoms with Crippen molar-refractivity contribution in [3.05, 3.63) is 16.7 Å². The Labute approximate surface area is 59.2 Å². The fourth-order valence-electron chi connectivity index (χ4n) is 0.356. The van der Waals surface area contributed by atoms with Crippen LogP contribution >= 0.6 is 15.9 Å². The molecule has 5 heteroatoms. The largest absolute Gasteiger partial charge is 0.380 e.